The van der Waals surface area contributed by atoms with Gasteiger partial charge in [-0.3, -0.25) is 0 Å². The molecule has 30 heavy (non-hydrogen) atoms. The maximum absolute atomic E-state index is 3.13. The Morgan fingerprint density at radius 1 is 0.533 bits per heavy atom. The van der Waals surface area contributed by atoms with Crippen molar-refractivity contribution in [3.63, 3.8) is 0 Å². The number of aromatic amines is 2. The third-order valence-electron chi connectivity index (χ3n) is 6.32. The Bertz CT molecular complexity index is 1140. The number of pyridine rings is 2. The van der Waals surface area contributed by atoms with E-state index in [4.69, 9.17) is 0 Å². The quantitative estimate of drug-likeness (QED) is 0.430. The lowest BCUT2D eigenvalue weighted by Gasteiger charge is -2.18. The smallest absolute Gasteiger partial charge is 0.167 e. The molecule has 2 heterocycles. The lowest BCUT2D eigenvalue weighted by atomic mass is 9.87. The molecule has 0 atom stereocenters. The van der Waals surface area contributed by atoms with E-state index < -0.39 is 0 Å². The maximum atomic E-state index is 3.13. The number of aromatic nitrogens is 2. The molecule has 2 aromatic carbocycles. The van der Waals surface area contributed by atoms with E-state index in [2.05, 4.69) is 84.5 Å². The monoisotopic (exact) mass is 390 g/mol. The molecule has 0 saturated carbocycles. The summed E-state index contributed by atoms with van der Waals surface area (Å²) < 4.78 is 0. The summed E-state index contributed by atoms with van der Waals surface area (Å²) >= 11 is 0. The minimum Gasteiger partial charge on any atom is -0.218 e. The molecule has 1 aliphatic rings. The molecule has 2 nitrogen and oxygen atoms in total. The number of H-pyrrole nitrogens is 2. The van der Waals surface area contributed by atoms with Crippen molar-refractivity contribution in [1.82, 2.24) is 0 Å². The van der Waals surface area contributed by atoms with Crippen LogP contribution in [0.15, 0.2) is 73.3 Å². The molecule has 146 valence electrons. The Kier molecular flexibility index (Phi) is 4.76. The van der Waals surface area contributed by atoms with Gasteiger partial charge in [-0.2, -0.15) is 0 Å². The first-order chi connectivity index (χ1) is 14.7. The first-order valence-corrected chi connectivity index (χ1v) is 10.6. The molecular weight excluding hydrogens is 364 g/mol. The molecule has 0 amide bonds. The van der Waals surface area contributed by atoms with Crippen LogP contribution in [0.3, 0.4) is 0 Å². The van der Waals surface area contributed by atoms with E-state index in [0.29, 0.717) is 0 Å². The van der Waals surface area contributed by atoms with Crippen LogP contribution in [-0.2, 0) is 12.8 Å². The second kappa shape index (κ2) is 7.72. The highest BCUT2D eigenvalue weighted by Crippen LogP contribution is 2.32. The normalized spacial score (nSPS) is 13.7. The molecule has 2 N–H and O–H groups in total. The molecule has 4 bridgehead atoms. The van der Waals surface area contributed by atoms with Gasteiger partial charge in [0, 0.05) is 24.3 Å². The zero-order valence-electron chi connectivity index (χ0n) is 17.5. The van der Waals surface area contributed by atoms with Crippen molar-refractivity contribution in [2.24, 2.45) is 0 Å². The summed E-state index contributed by atoms with van der Waals surface area (Å²) in [5, 5.41) is 0. The van der Waals surface area contributed by atoms with Gasteiger partial charge < -0.3 is 0 Å². The topological polar surface area (TPSA) is 28.3 Å². The standard InChI is InChI=1S/C28H24N2/c1-19-23-3-5-25-17-28(22-9-13-30-14-10-22)18-26(20(25)2)6-4-24(19)16-27(15-23)21-7-11-29-12-8-21/h3,5,7-18H,4,6H2,1-2H3/p+2/b5-3-. The number of aryl methyl sites for hydroxylation is 2. The van der Waals surface area contributed by atoms with E-state index in [1.54, 1.807) is 0 Å². The first-order valence-electron chi connectivity index (χ1n) is 10.6. The molecule has 0 spiro atoms. The third kappa shape index (κ3) is 3.46. The summed E-state index contributed by atoms with van der Waals surface area (Å²) in [4.78, 5) is 6.25. The predicted molar refractivity (Wildman–Crippen MR) is 123 cm³/mol. The van der Waals surface area contributed by atoms with Crippen molar-refractivity contribution in [2.45, 2.75) is 26.7 Å². The highest BCUT2D eigenvalue weighted by molar-refractivity contribution is 5.80. The van der Waals surface area contributed by atoms with Gasteiger partial charge in [0.05, 0.1) is 0 Å². The molecule has 1 aliphatic carbocycles. The van der Waals surface area contributed by atoms with Gasteiger partial charge in [0.2, 0.25) is 0 Å². The van der Waals surface area contributed by atoms with Crippen LogP contribution >= 0.6 is 0 Å². The van der Waals surface area contributed by atoms with Gasteiger partial charge in [-0.15, -0.1) is 0 Å². The van der Waals surface area contributed by atoms with Crippen molar-refractivity contribution in [3.8, 4) is 22.3 Å². The van der Waals surface area contributed by atoms with Crippen LogP contribution in [0.2, 0.25) is 0 Å². The lowest BCUT2D eigenvalue weighted by molar-refractivity contribution is -0.378. The Labute approximate surface area is 178 Å². The fourth-order valence-corrected chi connectivity index (χ4v) is 4.40. The van der Waals surface area contributed by atoms with E-state index in [9.17, 15) is 0 Å². The minimum absolute atomic E-state index is 1.05. The molecular formula is C28H26N2+2. The Balaban J connectivity index is 1.65. The van der Waals surface area contributed by atoms with Gasteiger partial charge >= 0.3 is 0 Å². The fraction of sp³-hybridized carbons (Fsp3) is 0.143. The number of rotatable bonds is 2. The van der Waals surface area contributed by atoms with E-state index >= 15 is 0 Å². The number of fused-ring (bicyclic) bond motifs is 4. The van der Waals surface area contributed by atoms with Crippen LogP contribution in [0, 0.1) is 13.8 Å². The Morgan fingerprint density at radius 3 is 1.33 bits per heavy atom. The van der Waals surface area contributed by atoms with Crippen LogP contribution in [-0.4, -0.2) is 0 Å². The molecule has 5 rings (SSSR count). The number of hydrogen-bond acceptors (Lipinski definition) is 0. The third-order valence-corrected chi connectivity index (χ3v) is 6.32. The second-order valence-electron chi connectivity index (χ2n) is 8.11. The van der Waals surface area contributed by atoms with Crippen LogP contribution in [0.4, 0.5) is 0 Å². The van der Waals surface area contributed by atoms with Crippen LogP contribution < -0.4 is 9.97 Å². The van der Waals surface area contributed by atoms with Crippen molar-refractivity contribution in [3.05, 3.63) is 107 Å². The van der Waals surface area contributed by atoms with Gasteiger partial charge in [-0.05, 0) is 94.5 Å². The minimum atomic E-state index is 1.05. The van der Waals surface area contributed by atoms with E-state index in [0.717, 1.165) is 12.8 Å². The average molecular weight is 391 g/mol. The van der Waals surface area contributed by atoms with E-state index in [-0.39, 0.29) is 0 Å². The molecule has 0 saturated heterocycles. The molecule has 0 fully saturated rings. The summed E-state index contributed by atoms with van der Waals surface area (Å²) in [7, 11) is 0. The van der Waals surface area contributed by atoms with Crippen LogP contribution in [0.5, 0.6) is 0 Å². The van der Waals surface area contributed by atoms with Gasteiger partial charge in [-0.1, -0.05) is 24.3 Å². The average Bonchev–Trinajstić information content (AvgIpc) is 2.79. The molecule has 0 aliphatic heterocycles. The zero-order valence-corrected chi connectivity index (χ0v) is 17.5. The molecule has 2 heteroatoms. The lowest BCUT2D eigenvalue weighted by Crippen LogP contribution is -2.03. The van der Waals surface area contributed by atoms with E-state index in [1.807, 2.05) is 24.8 Å². The van der Waals surface area contributed by atoms with Gasteiger partial charge in [0.1, 0.15) is 0 Å². The molecule has 0 radical (unpaired) electrons. The summed E-state index contributed by atoms with van der Waals surface area (Å²) in [6.07, 6.45) is 14.6. The number of hydrogen-bond donors (Lipinski definition) is 0. The van der Waals surface area contributed by atoms with Crippen molar-refractivity contribution in [1.29, 1.82) is 0 Å². The summed E-state index contributed by atoms with van der Waals surface area (Å²) in [5.74, 6) is 0. The highest BCUT2D eigenvalue weighted by atomic mass is 14.6. The largest absolute Gasteiger partial charge is 0.218 e. The van der Waals surface area contributed by atoms with Gasteiger partial charge in [0.25, 0.3) is 0 Å². The molecule has 2 aromatic heterocycles. The number of nitrogens with one attached hydrogen (secondary N) is 2. The van der Waals surface area contributed by atoms with Crippen molar-refractivity contribution >= 4 is 12.2 Å². The SMILES string of the molecule is Cc1c2cc(-c3cc[nH+]cc3)cc1CCc1cc(-c3cc[nH+]cc3)cc(c1C)/C=C\2. The van der Waals surface area contributed by atoms with Crippen LogP contribution in [0.25, 0.3) is 34.4 Å². The summed E-state index contributed by atoms with van der Waals surface area (Å²) in [5.41, 5.74) is 13.3. The summed E-state index contributed by atoms with van der Waals surface area (Å²) in [6.45, 7) is 4.51. The molecule has 4 aromatic rings. The van der Waals surface area contributed by atoms with Gasteiger partial charge in [-0.25, -0.2) is 9.97 Å². The number of benzene rings is 2. The second-order valence-corrected chi connectivity index (χ2v) is 8.11. The summed E-state index contributed by atoms with van der Waals surface area (Å²) in [6, 6.07) is 18.0. The first kappa shape index (κ1) is 18.5. The highest BCUT2D eigenvalue weighted by Gasteiger charge is 2.13. The fourth-order valence-electron chi connectivity index (χ4n) is 4.40. The van der Waals surface area contributed by atoms with Crippen LogP contribution in [0.1, 0.15) is 33.4 Å². The van der Waals surface area contributed by atoms with Gasteiger partial charge in [0.15, 0.2) is 24.8 Å². The predicted octanol–water partition coefficient (Wildman–Crippen LogP) is 5.53. The van der Waals surface area contributed by atoms with E-state index in [1.165, 1.54) is 55.6 Å². The van der Waals surface area contributed by atoms with Crippen molar-refractivity contribution in [2.75, 3.05) is 0 Å². The Morgan fingerprint density at radius 2 is 0.933 bits per heavy atom. The van der Waals surface area contributed by atoms with Crippen molar-refractivity contribution < 1.29 is 9.97 Å². The zero-order chi connectivity index (χ0) is 20.5. The molecule has 0 unspecified atom stereocenters. The maximum Gasteiger partial charge on any atom is 0.167 e. The Hall–Kier alpha value is -3.52.